The molecule has 0 N–H and O–H groups in total. The van der Waals surface area contributed by atoms with E-state index in [1.54, 1.807) is 15.9 Å². The van der Waals surface area contributed by atoms with Gasteiger partial charge in [-0.05, 0) is 25.7 Å². The molecular weight excluding hydrogens is 316 g/mol. The molecule has 128 valence electrons. The first-order valence-corrected chi connectivity index (χ1v) is 10.1. The lowest BCUT2D eigenvalue weighted by atomic mass is 10.1. The molecular formula is C15H24N4O3S. The quantitative estimate of drug-likeness (QED) is 0.804. The van der Waals surface area contributed by atoms with Gasteiger partial charge in [0.15, 0.2) is 9.84 Å². The zero-order valence-corrected chi connectivity index (χ0v) is 14.1. The maximum absolute atomic E-state index is 12.4. The molecule has 2 heterocycles. The van der Waals surface area contributed by atoms with Crippen LogP contribution in [0.2, 0.25) is 0 Å². The molecule has 1 aromatic heterocycles. The Morgan fingerprint density at radius 3 is 2.65 bits per heavy atom. The van der Waals surface area contributed by atoms with Crippen LogP contribution in [0.1, 0.15) is 51.0 Å². The van der Waals surface area contributed by atoms with E-state index in [0.29, 0.717) is 13.1 Å². The molecule has 1 saturated carbocycles. The highest BCUT2D eigenvalue weighted by Crippen LogP contribution is 2.26. The van der Waals surface area contributed by atoms with Crippen molar-refractivity contribution >= 4 is 15.7 Å². The van der Waals surface area contributed by atoms with Crippen molar-refractivity contribution in [2.45, 2.75) is 56.2 Å². The van der Waals surface area contributed by atoms with Crippen LogP contribution in [0.4, 0.5) is 0 Å². The van der Waals surface area contributed by atoms with Gasteiger partial charge in [-0.2, -0.15) is 5.10 Å². The van der Waals surface area contributed by atoms with Gasteiger partial charge in [-0.15, -0.1) is 0 Å². The number of piperidine rings is 1. The van der Waals surface area contributed by atoms with Gasteiger partial charge in [0.25, 0.3) is 0 Å². The Morgan fingerprint density at radius 2 is 1.96 bits per heavy atom. The largest absolute Gasteiger partial charge is 0.341 e. The van der Waals surface area contributed by atoms with E-state index in [1.807, 2.05) is 0 Å². The van der Waals surface area contributed by atoms with Gasteiger partial charge in [-0.3, -0.25) is 4.79 Å². The molecule has 8 heteroatoms. The SMILES string of the molecule is O=C(CCS(=O)(=O)C1CCCC1)N1CCC[C@H](n2cncn2)C1. The van der Waals surface area contributed by atoms with E-state index in [0.717, 1.165) is 38.5 Å². The number of likely N-dealkylation sites (tertiary alicyclic amines) is 1. The van der Waals surface area contributed by atoms with Crippen molar-refractivity contribution < 1.29 is 13.2 Å². The van der Waals surface area contributed by atoms with E-state index in [9.17, 15) is 13.2 Å². The topological polar surface area (TPSA) is 85.2 Å². The standard InChI is InChI=1S/C15H24N4O3S/c20-15(7-9-23(21,22)14-5-1-2-6-14)18-8-3-4-13(10-18)19-12-16-11-17-19/h11-14H,1-10H2/t13-/m0/s1. The number of sulfone groups is 1. The van der Waals surface area contributed by atoms with Crippen LogP contribution < -0.4 is 0 Å². The third kappa shape index (κ3) is 3.91. The molecule has 2 fully saturated rings. The van der Waals surface area contributed by atoms with E-state index in [2.05, 4.69) is 10.1 Å². The van der Waals surface area contributed by atoms with Crippen LogP contribution in [0.25, 0.3) is 0 Å². The van der Waals surface area contributed by atoms with Gasteiger partial charge in [-0.1, -0.05) is 12.8 Å². The fourth-order valence-corrected chi connectivity index (χ4v) is 5.45. The molecule has 1 amide bonds. The summed E-state index contributed by atoms with van der Waals surface area (Å²) in [5, 5.41) is 3.92. The van der Waals surface area contributed by atoms with Gasteiger partial charge in [0.05, 0.1) is 17.0 Å². The molecule has 7 nitrogen and oxygen atoms in total. The van der Waals surface area contributed by atoms with Crippen LogP contribution in [0.5, 0.6) is 0 Å². The highest BCUT2D eigenvalue weighted by atomic mass is 32.2. The zero-order valence-electron chi connectivity index (χ0n) is 13.3. The Kier molecular flexibility index (Phi) is 4.99. The Morgan fingerprint density at radius 1 is 1.17 bits per heavy atom. The van der Waals surface area contributed by atoms with Crippen LogP contribution >= 0.6 is 0 Å². The lowest BCUT2D eigenvalue weighted by Gasteiger charge is -2.32. The van der Waals surface area contributed by atoms with Gasteiger partial charge in [0, 0.05) is 19.5 Å². The second-order valence-electron chi connectivity index (χ2n) is 6.53. The first-order valence-electron chi connectivity index (χ1n) is 8.40. The fraction of sp³-hybridized carbons (Fsp3) is 0.800. The number of hydrogen-bond acceptors (Lipinski definition) is 5. The van der Waals surface area contributed by atoms with Crippen molar-refractivity contribution in [3.63, 3.8) is 0 Å². The van der Waals surface area contributed by atoms with E-state index in [1.165, 1.54) is 6.33 Å². The smallest absolute Gasteiger partial charge is 0.223 e. The van der Waals surface area contributed by atoms with Crippen molar-refractivity contribution in [1.29, 1.82) is 0 Å². The molecule has 23 heavy (non-hydrogen) atoms. The second kappa shape index (κ2) is 6.98. The van der Waals surface area contributed by atoms with E-state index < -0.39 is 9.84 Å². The van der Waals surface area contributed by atoms with Crippen LogP contribution in [0, 0.1) is 0 Å². The summed E-state index contributed by atoms with van der Waals surface area (Å²) in [5.74, 6) is -0.0718. The number of carbonyl (C=O) groups excluding carboxylic acids is 1. The summed E-state index contributed by atoms with van der Waals surface area (Å²) in [4.78, 5) is 18.1. The van der Waals surface area contributed by atoms with E-state index >= 15 is 0 Å². The molecule has 1 aliphatic heterocycles. The van der Waals surface area contributed by atoms with Crippen LogP contribution in [0.3, 0.4) is 0 Å². The molecule has 1 aromatic rings. The number of rotatable bonds is 5. The molecule has 0 unspecified atom stereocenters. The summed E-state index contributed by atoms with van der Waals surface area (Å²) < 4.78 is 26.3. The van der Waals surface area contributed by atoms with Crippen molar-refractivity contribution in [2.75, 3.05) is 18.8 Å². The average molecular weight is 340 g/mol. The van der Waals surface area contributed by atoms with Crippen LogP contribution in [0.15, 0.2) is 12.7 Å². The van der Waals surface area contributed by atoms with Crippen molar-refractivity contribution in [3.05, 3.63) is 12.7 Å². The summed E-state index contributed by atoms with van der Waals surface area (Å²) in [6, 6.07) is 0.140. The Hall–Kier alpha value is -1.44. The number of aromatic nitrogens is 3. The highest BCUT2D eigenvalue weighted by Gasteiger charge is 2.30. The first-order chi connectivity index (χ1) is 11.1. The van der Waals surface area contributed by atoms with Crippen LogP contribution in [-0.4, -0.2) is 58.1 Å². The number of hydrogen-bond donors (Lipinski definition) is 0. The summed E-state index contributed by atoms with van der Waals surface area (Å²) in [7, 11) is -3.13. The molecule has 3 rings (SSSR count). The zero-order chi connectivity index (χ0) is 16.3. The highest BCUT2D eigenvalue weighted by molar-refractivity contribution is 7.92. The van der Waals surface area contributed by atoms with Crippen molar-refractivity contribution in [2.24, 2.45) is 0 Å². The van der Waals surface area contributed by atoms with Gasteiger partial charge < -0.3 is 4.90 Å². The minimum absolute atomic E-state index is 0.0129. The number of carbonyl (C=O) groups is 1. The normalized spacial score (nSPS) is 23.3. The molecule has 0 aromatic carbocycles. The van der Waals surface area contributed by atoms with E-state index in [4.69, 9.17) is 0 Å². The summed E-state index contributed by atoms with van der Waals surface area (Å²) in [6.45, 7) is 1.29. The lowest BCUT2D eigenvalue weighted by Crippen LogP contribution is -2.41. The van der Waals surface area contributed by atoms with Crippen molar-refractivity contribution in [1.82, 2.24) is 19.7 Å². The van der Waals surface area contributed by atoms with Gasteiger partial charge >= 0.3 is 0 Å². The minimum Gasteiger partial charge on any atom is -0.341 e. The fourth-order valence-electron chi connectivity index (χ4n) is 3.60. The first kappa shape index (κ1) is 16.4. The van der Waals surface area contributed by atoms with Gasteiger partial charge in [0.2, 0.25) is 5.91 Å². The summed E-state index contributed by atoms with van der Waals surface area (Å²) in [6.07, 6.45) is 8.64. The Bertz CT molecular complexity index is 623. The maximum atomic E-state index is 12.4. The summed E-state index contributed by atoms with van der Waals surface area (Å²) >= 11 is 0. The third-order valence-electron chi connectivity index (χ3n) is 4.97. The monoisotopic (exact) mass is 340 g/mol. The minimum atomic E-state index is -3.13. The lowest BCUT2D eigenvalue weighted by molar-refractivity contribution is -0.132. The maximum Gasteiger partial charge on any atom is 0.223 e. The Labute approximate surface area is 137 Å². The molecule has 0 bridgehead atoms. The van der Waals surface area contributed by atoms with Gasteiger partial charge in [0.1, 0.15) is 12.7 Å². The predicted octanol–water partition coefficient (Wildman–Crippen LogP) is 1.19. The molecule has 0 spiro atoms. The predicted molar refractivity (Wildman–Crippen MR) is 85.5 cm³/mol. The molecule has 0 radical (unpaired) electrons. The summed E-state index contributed by atoms with van der Waals surface area (Å²) in [5.41, 5.74) is 0. The number of amides is 1. The van der Waals surface area contributed by atoms with Crippen molar-refractivity contribution in [3.8, 4) is 0 Å². The molecule has 1 aliphatic carbocycles. The second-order valence-corrected chi connectivity index (χ2v) is 8.94. The number of nitrogens with zero attached hydrogens (tertiary/aromatic N) is 4. The van der Waals surface area contributed by atoms with E-state index in [-0.39, 0.29) is 29.4 Å². The average Bonchev–Trinajstić information content (AvgIpc) is 3.25. The van der Waals surface area contributed by atoms with Gasteiger partial charge in [-0.25, -0.2) is 18.1 Å². The molecule has 2 aliphatic rings. The third-order valence-corrected chi connectivity index (χ3v) is 7.23. The van der Waals surface area contributed by atoms with Crippen LogP contribution in [-0.2, 0) is 14.6 Å². The molecule has 1 saturated heterocycles. The Balaban J connectivity index is 1.53. The molecule has 1 atom stereocenters.